The number of carbonyl (C=O) groups is 2. The van der Waals surface area contributed by atoms with Crippen LogP contribution in [0.3, 0.4) is 0 Å². The van der Waals surface area contributed by atoms with Crippen molar-refractivity contribution < 1.29 is 9.59 Å². The highest BCUT2D eigenvalue weighted by Gasteiger charge is 2.24. The Morgan fingerprint density at radius 3 is 2.55 bits per heavy atom. The van der Waals surface area contributed by atoms with E-state index in [1.165, 1.54) is 6.33 Å². The van der Waals surface area contributed by atoms with Crippen molar-refractivity contribution in [2.24, 2.45) is 5.92 Å². The Labute approximate surface area is 169 Å². The molecule has 8 nitrogen and oxygen atoms in total. The van der Waals surface area contributed by atoms with Gasteiger partial charge in [-0.25, -0.2) is 14.6 Å². The first kappa shape index (κ1) is 20.2. The lowest BCUT2D eigenvalue weighted by molar-refractivity contribution is -0.124. The number of hydrogen-bond donors (Lipinski definition) is 2. The molecule has 0 bridgehead atoms. The largest absolute Gasteiger partial charge is 0.350 e. The first-order valence-corrected chi connectivity index (χ1v) is 9.40. The third-order valence-electron chi connectivity index (χ3n) is 4.51. The fourth-order valence-corrected chi connectivity index (χ4v) is 2.85. The van der Waals surface area contributed by atoms with Crippen LogP contribution in [-0.2, 0) is 11.3 Å². The zero-order valence-corrected chi connectivity index (χ0v) is 16.7. The molecule has 3 rings (SSSR count). The molecule has 0 aliphatic rings. The molecule has 29 heavy (non-hydrogen) atoms. The molecule has 0 saturated heterocycles. The highest BCUT2D eigenvalue weighted by atomic mass is 16.2. The fourth-order valence-electron chi connectivity index (χ4n) is 2.85. The summed E-state index contributed by atoms with van der Waals surface area (Å²) in [5.74, 6) is -0.0134. The number of nitrogens with one attached hydrogen (secondary N) is 2. The average Bonchev–Trinajstić information content (AvgIpc) is 3.25. The summed E-state index contributed by atoms with van der Waals surface area (Å²) in [5, 5.41) is 9.82. The predicted molar refractivity (Wildman–Crippen MR) is 108 cm³/mol. The molecule has 0 radical (unpaired) electrons. The van der Waals surface area contributed by atoms with Crippen molar-refractivity contribution in [1.29, 1.82) is 0 Å². The highest BCUT2D eigenvalue weighted by Crippen LogP contribution is 2.11. The summed E-state index contributed by atoms with van der Waals surface area (Å²) in [7, 11) is 0. The Balaban J connectivity index is 1.68. The van der Waals surface area contributed by atoms with E-state index in [0.717, 1.165) is 11.1 Å². The van der Waals surface area contributed by atoms with E-state index in [1.54, 1.807) is 35.4 Å². The van der Waals surface area contributed by atoms with Crippen LogP contribution in [0.15, 0.2) is 55.2 Å². The third kappa shape index (κ3) is 5.04. The number of pyridine rings is 1. The van der Waals surface area contributed by atoms with Gasteiger partial charge in [0.05, 0.1) is 0 Å². The molecule has 3 aromatic rings. The van der Waals surface area contributed by atoms with E-state index in [-0.39, 0.29) is 24.3 Å². The molecule has 0 aliphatic carbocycles. The van der Waals surface area contributed by atoms with Gasteiger partial charge in [-0.15, -0.1) is 0 Å². The quantitative estimate of drug-likeness (QED) is 0.641. The smallest absolute Gasteiger partial charge is 0.251 e. The number of aryl methyl sites for hydroxylation is 1. The van der Waals surface area contributed by atoms with Crippen LogP contribution in [-0.4, -0.2) is 37.6 Å². The lowest BCUT2D eigenvalue weighted by Crippen LogP contribution is -2.49. The van der Waals surface area contributed by atoms with Crippen molar-refractivity contribution in [2.45, 2.75) is 33.4 Å². The number of hydrogen-bond acceptors (Lipinski definition) is 5. The predicted octanol–water partition coefficient (Wildman–Crippen LogP) is 2.04. The summed E-state index contributed by atoms with van der Waals surface area (Å²) in [6.45, 7) is 6.00. The van der Waals surface area contributed by atoms with E-state index < -0.39 is 6.04 Å². The van der Waals surface area contributed by atoms with Gasteiger partial charge in [-0.1, -0.05) is 37.6 Å². The SMILES string of the molecule is Cc1ccc(C(=O)NC(C(=O)NCc2cccnc2-n2cncn2)C(C)C)cc1. The number of benzene rings is 1. The number of nitrogens with zero attached hydrogens (tertiary/aromatic N) is 4. The normalized spacial score (nSPS) is 11.9. The van der Waals surface area contributed by atoms with Gasteiger partial charge < -0.3 is 10.6 Å². The topological polar surface area (TPSA) is 102 Å². The van der Waals surface area contributed by atoms with E-state index in [2.05, 4.69) is 25.7 Å². The van der Waals surface area contributed by atoms with Gasteiger partial charge in [0.25, 0.3) is 5.91 Å². The van der Waals surface area contributed by atoms with Crippen LogP contribution in [0.4, 0.5) is 0 Å². The molecule has 1 aromatic carbocycles. The van der Waals surface area contributed by atoms with Crippen LogP contribution < -0.4 is 10.6 Å². The second-order valence-corrected chi connectivity index (χ2v) is 7.11. The molecular formula is C21H24N6O2. The minimum absolute atomic E-state index is 0.0758. The lowest BCUT2D eigenvalue weighted by Gasteiger charge is -2.22. The molecule has 2 aromatic heterocycles. The Hall–Kier alpha value is -3.55. The van der Waals surface area contributed by atoms with Crippen LogP contribution in [0, 0.1) is 12.8 Å². The summed E-state index contributed by atoms with van der Waals surface area (Å²) < 4.78 is 1.54. The molecule has 2 amide bonds. The van der Waals surface area contributed by atoms with Crippen molar-refractivity contribution in [3.63, 3.8) is 0 Å². The van der Waals surface area contributed by atoms with E-state index in [9.17, 15) is 9.59 Å². The van der Waals surface area contributed by atoms with Crippen molar-refractivity contribution in [2.75, 3.05) is 0 Å². The number of carbonyl (C=O) groups excluding carboxylic acids is 2. The van der Waals surface area contributed by atoms with Crippen LogP contribution >= 0.6 is 0 Å². The van der Waals surface area contributed by atoms with Crippen molar-refractivity contribution >= 4 is 11.8 Å². The maximum atomic E-state index is 12.8. The second kappa shape index (κ2) is 9.09. The van der Waals surface area contributed by atoms with Gasteiger partial charge >= 0.3 is 0 Å². The fraction of sp³-hybridized carbons (Fsp3) is 0.286. The Morgan fingerprint density at radius 1 is 1.14 bits per heavy atom. The summed E-state index contributed by atoms with van der Waals surface area (Å²) in [6, 6.07) is 10.2. The highest BCUT2D eigenvalue weighted by molar-refractivity contribution is 5.97. The van der Waals surface area contributed by atoms with E-state index in [0.29, 0.717) is 11.4 Å². The molecular weight excluding hydrogens is 368 g/mol. The first-order valence-electron chi connectivity index (χ1n) is 9.40. The van der Waals surface area contributed by atoms with Crippen LogP contribution in [0.1, 0.15) is 35.3 Å². The van der Waals surface area contributed by atoms with Crippen molar-refractivity contribution in [1.82, 2.24) is 30.4 Å². The van der Waals surface area contributed by atoms with Crippen LogP contribution in [0.2, 0.25) is 0 Å². The monoisotopic (exact) mass is 392 g/mol. The summed E-state index contributed by atoms with van der Waals surface area (Å²) >= 11 is 0. The Kier molecular flexibility index (Phi) is 6.33. The van der Waals surface area contributed by atoms with E-state index in [4.69, 9.17) is 0 Å². The van der Waals surface area contributed by atoms with Gasteiger partial charge in [0.15, 0.2) is 5.82 Å². The van der Waals surface area contributed by atoms with Gasteiger partial charge in [0.1, 0.15) is 18.7 Å². The maximum absolute atomic E-state index is 12.8. The summed E-state index contributed by atoms with van der Waals surface area (Å²) in [4.78, 5) is 33.6. The molecule has 0 saturated carbocycles. The average molecular weight is 392 g/mol. The number of rotatable bonds is 7. The van der Waals surface area contributed by atoms with Gasteiger partial charge in [0.2, 0.25) is 5.91 Å². The summed E-state index contributed by atoms with van der Waals surface area (Å²) in [6.07, 6.45) is 4.62. The van der Waals surface area contributed by atoms with Crippen molar-refractivity contribution in [3.05, 3.63) is 71.9 Å². The molecule has 0 spiro atoms. The van der Waals surface area contributed by atoms with Gasteiger partial charge in [-0.3, -0.25) is 9.59 Å². The minimum atomic E-state index is -0.657. The lowest BCUT2D eigenvalue weighted by atomic mass is 10.0. The molecule has 0 fully saturated rings. The number of aromatic nitrogens is 4. The van der Waals surface area contributed by atoms with Gasteiger partial charge in [0, 0.05) is 23.9 Å². The third-order valence-corrected chi connectivity index (χ3v) is 4.51. The Bertz CT molecular complexity index is 967. The molecule has 8 heteroatoms. The number of amides is 2. The van der Waals surface area contributed by atoms with Crippen LogP contribution in [0.5, 0.6) is 0 Å². The van der Waals surface area contributed by atoms with Gasteiger partial charge in [-0.2, -0.15) is 5.10 Å². The maximum Gasteiger partial charge on any atom is 0.251 e. The first-order chi connectivity index (χ1) is 14.0. The van der Waals surface area contributed by atoms with E-state index >= 15 is 0 Å². The van der Waals surface area contributed by atoms with Crippen molar-refractivity contribution in [3.8, 4) is 5.82 Å². The van der Waals surface area contributed by atoms with E-state index in [1.807, 2.05) is 39.0 Å². The molecule has 2 N–H and O–H groups in total. The standard InChI is InChI=1S/C21H24N6O2/c1-14(2)18(26-20(28)16-8-6-15(3)7-9-16)21(29)24-11-17-5-4-10-23-19(17)27-13-22-12-25-27/h4-10,12-14,18H,11H2,1-3H3,(H,24,29)(H,26,28). The summed E-state index contributed by atoms with van der Waals surface area (Å²) in [5.41, 5.74) is 2.38. The molecule has 150 valence electrons. The zero-order chi connectivity index (χ0) is 20.8. The van der Waals surface area contributed by atoms with Crippen LogP contribution in [0.25, 0.3) is 5.82 Å². The molecule has 2 heterocycles. The zero-order valence-electron chi connectivity index (χ0n) is 16.7. The van der Waals surface area contributed by atoms with Gasteiger partial charge in [-0.05, 0) is 31.0 Å². The minimum Gasteiger partial charge on any atom is -0.350 e. The molecule has 0 aliphatic heterocycles. The molecule has 1 atom stereocenters. The second-order valence-electron chi connectivity index (χ2n) is 7.11. The Morgan fingerprint density at radius 2 is 1.90 bits per heavy atom. The molecule has 1 unspecified atom stereocenters.